The molecule has 0 spiro atoms. The lowest BCUT2D eigenvalue weighted by molar-refractivity contribution is -0.122. The lowest BCUT2D eigenvalue weighted by Gasteiger charge is -2.06. The molecule has 1 aromatic carbocycles. The largest absolute Gasteiger partial charge is 0.475 e. The number of terminal acetylenes is 1. The standard InChI is InChI=1S/C21H14N2O5S/c1-2-9-23-19(24)18(29-21(23)27)10-13-11-22(16-6-4-3-5-15(13)16)12-14-7-8-17(28-14)20(25)26/h1,3-8,10-11H,9,12H2,(H,25,26). The molecular weight excluding hydrogens is 392 g/mol. The topological polar surface area (TPSA) is 92.8 Å². The number of carbonyl (C=O) groups is 3. The highest BCUT2D eigenvalue weighted by molar-refractivity contribution is 8.18. The van der Waals surface area contributed by atoms with Crippen LogP contribution in [0.2, 0.25) is 0 Å². The Kier molecular flexibility index (Phi) is 4.74. The SMILES string of the molecule is C#CCN1C(=O)SC(=Cc2cn(Cc3ccc(C(=O)O)o3)c3ccccc23)C1=O. The number of imide groups is 1. The average molecular weight is 406 g/mol. The third kappa shape index (κ3) is 3.44. The number of benzene rings is 1. The highest BCUT2D eigenvalue weighted by Gasteiger charge is 2.34. The summed E-state index contributed by atoms with van der Waals surface area (Å²) in [5, 5.41) is 9.52. The maximum atomic E-state index is 12.5. The number of hydrogen-bond donors (Lipinski definition) is 1. The van der Waals surface area contributed by atoms with Crippen molar-refractivity contribution in [2.75, 3.05) is 6.54 Å². The van der Waals surface area contributed by atoms with Crippen molar-refractivity contribution in [3.05, 3.63) is 64.6 Å². The van der Waals surface area contributed by atoms with Gasteiger partial charge < -0.3 is 14.1 Å². The van der Waals surface area contributed by atoms with Crippen LogP contribution in [0.1, 0.15) is 21.9 Å². The summed E-state index contributed by atoms with van der Waals surface area (Å²) >= 11 is 0.855. The Morgan fingerprint density at radius 2 is 2.03 bits per heavy atom. The van der Waals surface area contributed by atoms with Crippen molar-refractivity contribution in [3.8, 4) is 12.3 Å². The molecule has 7 nitrogen and oxygen atoms in total. The van der Waals surface area contributed by atoms with Crippen LogP contribution < -0.4 is 0 Å². The third-order valence-electron chi connectivity index (χ3n) is 4.43. The molecule has 1 aliphatic rings. The molecular formula is C21H14N2O5S. The summed E-state index contributed by atoms with van der Waals surface area (Å²) in [6, 6.07) is 10.6. The Bertz CT molecular complexity index is 1230. The molecule has 8 heteroatoms. The van der Waals surface area contributed by atoms with Gasteiger partial charge >= 0.3 is 5.97 Å². The van der Waals surface area contributed by atoms with E-state index >= 15 is 0 Å². The van der Waals surface area contributed by atoms with Gasteiger partial charge in [0, 0.05) is 22.7 Å². The quantitative estimate of drug-likeness (QED) is 0.514. The second kappa shape index (κ2) is 7.37. The summed E-state index contributed by atoms with van der Waals surface area (Å²) in [6.07, 6.45) is 8.74. The molecule has 1 saturated heterocycles. The van der Waals surface area contributed by atoms with E-state index in [9.17, 15) is 14.4 Å². The van der Waals surface area contributed by atoms with Gasteiger partial charge in [0.1, 0.15) is 5.76 Å². The lowest BCUT2D eigenvalue weighted by atomic mass is 10.1. The molecule has 1 aliphatic heterocycles. The normalized spacial score (nSPS) is 15.4. The molecule has 0 radical (unpaired) electrons. The summed E-state index contributed by atoms with van der Waals surface area (Å²) in [6.45, 7) is 0.258. The van der Waals surface area contributed by atoms with E-state index in [1.54, 1.807) is 12.1 Å². The van der Waals surface area contributed by atoms with Crippen LogP contribution in [0.4, 0.5) is 4.79 Å². The van der Waals surface area contributed by atoms with Crippen LogP contribution in [0.5, 0.6) is 0 Å². The van der Waals surface area contributed by atoms with Gasteiger partial charge in [-0.05, 0) is 36.0 Å². The van der Waals surface area contributed by atoms with Crippen LogP contribution in [0.15, 0.2) is 51.9 Å². The Hall–Kier alpha value is -3.70. The van der Waals surface area contributed by atoms with E-state index in [0.29, 0.717) is 17.2 Å². The van der Waals surface area contributed by atoms with Crippen molar-refractivity contribution in [1.82, 2.24) is 9.47 Å². The van der Waals surface area contributed by atoms with Crippen LogP contribution in [-0.4, -0.2) is 38.2 Å². The summed E-state index contributed by atoms with van der Waals surface area (Å²) in [5.74, 6) is 1.14. The molecule has 29 heavy (non-hydrogen) atoms. The molecule has 2 aromatic heterocycles. The number of amides is 2. The molecule has 0 atom stereocenters. The molecule has 2 amide bonds. The second-order valence-electron chi connectivity index (χ2n) is 6.27. The summed E-state index contributed by atoms with van der Waals surface area (Å²) in [4.78, 5) is 36.8. The van der Waals surface area contributed by atoms with Crippen molar-refractivity contribution in [2.24, 2.45) is 0 Å². The summed E-state index contributed by atoms with van der Waals surface area (Å²) < 4.78 is 7.25. The number of carbonyl (C=O) groups excluding carboxylic acids is 2. The minimum atomic E-state index is -1.13. The van der Waals surface area contributed by atoms with Gasteiger partial charge in [-0.25, -0.2) is 4.79 Å². The van der Waals surface area contributed by atoms with E-state index in [4.69, 9.17) is 15.9 Å². The summed E-state index contributed by atoms with van der Waals surface area (Å²) in [5.41, 5.74) is 1.65. The predicted molar refractivity (Wildman–Crippen MR) is 108 cm³/mol. The van der Waals surface area contributed by atoms with E-state index in [1.165, 1.54) is 6.07 Å². The van der Waals surface area contributed by atoms with E-state index in [0.717, 1.165) is 33.1 Å². The molecule has 0 aliphatic carbocycles. The van der Waals surface area contributed by atoms with Crippen LogP contribution in [0.3, 0.4) is 0 Å². The first-order valence-corrected chi connectivity index (χ1v) is 9.38. The van der Waals surface area contributed by atoms with Crippen LogP contribution in [0, 0.1) is 12.3 Å². The van der Waals surface area contributed by atoms with Crippen molar-refractivity contribution in [1.29, 1.82) is 0 Å². The van der Waals surface area contributed by atoms with Crippen molar-refractivity contribution < 1.29 is 23.9 Å². The first kappa shape index (κ1) is 18.7. The molecule has 4 rings (SSSR count). The van der Waals surface area contributed by atoms with Crippen molar-refractivity contribution in [2.45, 2.75) is 6.54 Å². The fourth-order valence-electron chi connectivity index (χ4n) is 3.14. The fraction of sp³-hybridized carbons (Fsp3) is 0.0952. The highest BCUT2D eigenvalue weighted by atomic mass is 32.2. The van der Waals surface area contributed by atoms with Gasteiger partial charge in [0.25, 0.3) is 11.1 Å². The second-order valence-corrected chi connectivity index (χ2v) is 7.27. The van der Waals surface area contributed by atoms with Gasteiger partial charge in [0.05, 0.1) is 18.0 Å². The third-order valence-corrected chi connectivity index (χ3v) is 5.34. The number of furan rings is 1. The van der Waals surface area contributed by atoms with Gasteiger partial charge in [0.2, 0.25) is 5.76 Å². The van der Waals surface area contributed by atoms with Gasteiger partial charge in [-0.3, -0.25) is 14.5 Å². The van der Waals surface area contributed by atoms with E-state index in [-0.39, 0.29) is 17.5 Å². The number of para-hydroxylation sites is 1. The highest BCUT2D eigenvalue weighted by Crippen LogP contribution is 2.34. The zero-order valence-corrected chi connectivity index (χ0v) is 15.8. The molecule has 0 saturated carbocycles. The molecule has 0 bridgehead atoms. The van der Waals surface area contributed by atoms with E-state index < -0.39 is 11.9 Å². The van der Waals surface area contributed by atoms with Gasteiger partial charge in [-0.1, -0.05) is 24.1 Å². The van der Waals surface area contributed by atoms with Gasteiger partial charge in [-0.2, -0.15) is 0 Å². The zero-order chi connectivity index (χ0) is 20.5. The number of rotatable bonds is 5. The van der Waals surface area contributed by atoms with E-state index in [2.05, 4.69) is 5.92 Å². The van der Waals surface area contributed by atoms with Gasteiger partial charge in [-0.15, -0.1) is 6.42 Å². The molecule has 3 heterocycles. The number of aromatic carboxylic acids is 1. The Balaban J connectivity index is 1.71. The minimum absolute atomic E-state index is 0.0613. The number of thioether (sulfide) groups is 1. The summed E-state index contributed by atoms with van der Waals surface area (Å²) in [7, 11) is 0. The number of carboxylic acids is 1. The van der Waals surface area contributed by atoms with E-state index in [1.807, 2.05) is 35.0 Å². The van der Waals surface area contributed by atoms with Crippen LogP contribution >= 0.6 is 11.8 Å². The zero-order valence-electron chi connectivity index (χ0n) is 15.0. The molecule has 0 unspecified atom stereocenters. The maximum absolute atomic E-state index is 12.5. The number of carboxylic acid groups (broad SMARTS) is 1. The van der Waals surface area contributed by atoms with Crippen molar-refractivity contribution in [3.63, 3.8) is 0 Å². The number of aromatic nitrogens is 1. The Labute approximate surface area is 169 Å². The van der Waals surface area contributed by atoms with Crippen molar-refractivity contribution >= 4 is 45.9 Å². The lowest BCUT2D eigenvalue weighted by Crippen LogP contribution is -2.28. The minimum Gasteiger partial charge on any atom is -0.475 e. The number of hydrogen-bond acceptors (Lipinski definition) is 5. The molecule has 144 valence electrons. The number of nitrogens with zero attached hydrogens (tertiary/aromatic N) is 2. The smallest absolute Gasteiger partial charge is 0.371 e. The Morgan fingerprint density at radius 1 is 1.24 bits per heavy atom. The number of fused-ring (bicyclic) bond motifs is 1. The monoisotopic (exact) mass is 406 g/mol. The van der Waals surface area contributed by atoms with Crippen LogP contribution in [-0.2, 0) is 11.3 Å². The average Bonchev–Trinajstić information content (AvgIpc) is 3.37. The Morgan fingerprint density at radius 3 is 2.76 bits per heavy atom. The molecule has 1 N–H and O–H groups in total. The predicted octanol–water partition coefficient (Wildman–Crippen LogP) is 3.65. The van der Waals surface area contributed by atoms with Crippen LogP contribution in [0.25, 0.3) is 17.0 Å². The van der Waals surface area contributed by atoms with Gasteiger partial charge in [0.15, 0.2) is 0 Å². The molecule has 1 fully saturated rings. The first-order valence-electron chi connectivity index (χ1n) is 8.56. The molecule has 3 aromatic rings. The maximum Gasteiger partial charge on any atom is 0.371 e. The fourth-order valence-corrected chi connectivity index (χ4v) is 3.96. The first-order chi connectivity index (χ1) is 14.0.